The second-order valence-corrected chi connectivity index (χ2v) is 3.84. The van der Waals surface area contributed by atoms with Crippen molar-refractivity contribution >= 4 is 21.6 Å². The van der Waals surface area contributed by atoms with Gasteiger partial charge in [0.2, 0.25) is 0 Å². The zero-order valence-corrected chi connectivity index (χ0v) is 9.58. The Hall–Kier alpha value is -1.05. The van der Waals surface area contributed by atoms with E-state index in [1.165, 1.54) is 0 Å². The summed E-state index contributed by atoms with van der Waals surface area (Å²) >= 11 is 3.42. The molecule has 0 atom stereocenters. The number of nitrogens with two attached hydrogens (primary N) is 1. The van der Waals surface area contributed by atoms with Gasteiger partial charge >= 0.3 is 0 Å². The molecule has 1 aromatic carbocycles. The van der Waals surface area contributed by atoms with Gasteiger partial charge in [0.15, 0.2) is 0 Å². The maximum atomic E-state index is 8.69. The van der Waals surface area contributed by atoms with Crippen LogP contribution in [0.5, 0.6) is 0 Å². The van der Waals surface area contributed by atoms with Gasteiger partial charge in [0, 0.05) is 24.6 Å². The molecule has 0 heterocycles. The standard InChI is InChI=1S/C10H12BrN3/c1-14(5-4-12)10-3-2-8(7-13)6-9(10)11/h2-3,6H,4-5,12H2,1H3. The Morgan fingerprint density at radius 3 is 2.79 bits per heavy atom. The van der Waals surface area contributed by atoms with Gasteiger partial charge in [-0.15, -0.1) is 0 Å². The fourth-order valence-electron chi connectivity index (χ4n) is 1.20. The minimum absolute atomic E-state index is 0.614. The quantitative estimate of drug-likeness (QED) is 0.893. The number of nitriles is 1. The second-order valence-electron chi connectivity index (χ2n) is 2.99. The van der Waals surface area contributed by atoms with E-state index in [2.05, 4.69) is 22.0 Å². The molecule has 2 N–H and O–H groups in total. The van der Waals surface area contributed by atoms with Gasteiger partial charge in [-0.1, -0.05) is 0 Å². The molecule has 1 rings (SSSR count). The van der Waals surface area contributed by atoms with Crippen molar-refractivity contribution in [2.75, 3.05) is 25.0 Å². The normalized spacial score (nSPS) is 9.57. The van der Waals surface area contributed by atoms with Crippen molar-refractivity contribution in [3.8, 4) is 6.07 Å². The molecule has 1 aromatic rings. The molecular formula is C10H12BrN3. The molecule has 14 heavy (non-hydrogen) atoms. The molecule has 0 saturated heterocycles. The number of anilines is 1. The van der Waals surface area contributed by atoms with E-state index in [0.29, 0.717) is 12.1 Å². The highest BCUT2D eigenvalue weighted by molar-refractivity contribution is 9.10. The number of nitrogens with zero attached hydrogens (tertiary/aromatic N) is 2. The highest BCUT2D eigenvalue weighted by Gasteiger charge is 2.05. The maximum absolute atomic E-state index is 8.69. The fourth-order valence-corrected chi connectivity index (χ4v) is 1.88. The molecule has 0 unspecified atom stereocenters. The highest BCUT2D eigenvalue weighted by atomic mass is 79.9. The van der Waals surface area contributed by atoms with Crippen LogP contribution in [0, 0.1) is 11.3 Å². The van der Waals surface area contributed by atoms with Crippen LogP contribution < -0.4 is 10.6 Å². The Balaban J connectivity index is 2.95. The number of halogens is 1. The summed E-state index contributed by atoms with van der Waals surface area (Å²) in [4.78, 5) is 2.05. The average Bonchev–Trinajstić information content (AvgIpc) is 2.17. The van der Waals surface area contributed by atoms with Crippen molar-refractivity contribution < 1.29 is 0 Å². The smallest absolute Gasteiger partial charge is 0.0992 e. The Morgan fingerprint density at radius 1 is 1.57 bits per heavy atom. The Kier molecular flexibility index (Phi) is 3.93. The minimum atomic E-state index is 0.614. The van der Waals surface area contributed by atoms with Crippen LogP contribution in [0.3, 0.4) is 0 Å². The first-order chi connectivity index (χ1) is 6.69. The first-order valence-electron chi connectivity index (χ1n) is 4.30. The van der Waals surface area contributed by atoms with Crippen molar-refractivity contribution in [1.82, 2.24) is 0 Å². The molecule has 0 amide bonds. The monoisotopic (exact) mass is 253 g/mol. The van der Waals surface area contributed by atoms with Crippen molar-refractivity contribution in [2.45, 2.75) is 0 Å². The minimum Gasteiger partial charge on any atom is -0.372 e. The third-order valence-electron chi connectivity index (χ3n) is 1.95. The average molecular weight is 254 g/mol. The Labute approximate surface area is 92.3 Å². The van der Waals surface area contributed by atoms with Crippen LogP contribution in [0.1, 0.15) is 5.56 Å². The summed E-state index contributed by atoms with van der Waals surface area (Å²) in [7, 11) is 1.97. The van der Waals surface area contributed by atoms with Gasteiger partial charge < -0.3 is 10.6 Å². The van der Waals surface area contributed by atoms with E-state index in [4.69, 9.17) is 11.0 Å². The molecule has 3 nitrogen and oxygen atoms in total. The topological polar surface area (TPSA) is 53.0 Å². The largest absolute Gasteiger partial charge is 0.372 e. The van der Waals surface area contributed by atoms with Crippen molar-refractivity contribution in [2.24, 2.45) is 5.73 Å². The summed E-state index contributed by atoms with van der Waals surface area (Å²) in [5.74, 6) is 0. The second kappa shape index (κ2) is 4.99. The molecule has 4 heteroatoms. The first kappa shape index (κ1) is 11.0. The lowest BCUT2D eigenvalue weighted by atomic mass is 10.2. The highest BCUT2D eigenvalue weighted by Crippen LogP contribution is 2.25. The summed E-state index contributed by atoms with van der Waals surface area (Å²) in [6.07, 6.45) is 0. The van der Waals surface area contributed by atoms with Crippen LogP contribution in [0.4, 0.5) is 5.69 Å². The molecule has 0 fully saturated rings. The lowest BCUT2D eigenvalue weighted by Gasteiger charge is -2.19. The first-order valence-corrected chi connectivity index (χ1v) is 5.09. The van der Waals surface area contributed by atoms with Crippen LogP contribution in [-0.2, 0) is 0 Å². The fraction of sp³-hybridized carbons (Fsp3) is 0.300. The molecule has 0 spiro atoms. The number of rotatable bonds is 3. The van der Waals surface area contributed by atoms with Crippen LogP contribution in [0.15, 0.2) is 22.7 Å². The van der Waals surface area contributed by atoms with Gasteiger partial charge in [0.1, 0.15) is 0 Å². The number of benzene rings is 1. The zero-order valence-electron chi connectivity index (χ0n) is 8.00. The summed E-state index contributed by atoms with van der Waals surface area (Å²) in [5, 5.41) is 8.69. The third-order valence-corrected chi connectivity index (χ3v) is 2.59. The van der Waals surface area contributed by atoms with E-state index < -0.39 is 0 Å². The van der Waals surface area contributed by atoms with Crippen LogP contribution >= 0.6 is 15.9 Å². The van der Waals surface area contributed by atoms with Gasteiger partial charge in [0.25, 0.3) is 0 Å². The lowest BCUT2D eigenvalue weighted by Crippen LogP contribution is -2.25. The van der Waals surface area contributed by atoms with E-state index in [-0.39, 0.29) is 0 Å². The van der Waals surface area contributed by atoms with Crippen molar-refractivity contribution in [1.29, 1.82) is 5.26 Å². The summed E-state index contributed by atoms with van der Waals surface area (Å²) < 4.78 is 0.924. The lowest BCUT2D eigenvalue weighted by molar-refractivity contribution is 0.883. The van der Waals surface area contributed by atoms with Gasteiger partial charge in [-0.25, -0.2) is 0 Å². The predicted octanol–water partition coefficient (Wildman–Crippen LogP) is 1.72. The number of hydrogen-bond acceptors (Lipinski definition) is 3. The molecule has 0 aliphatic heterocycles. The van der Waals surface area contributed by atoms with E-state index >= 15 is 0 Å². The summed E-state index contributed by atoms with van der Waals surface area (Å²) in [6, 6.07) is 7.61. The molecule has 0 aromatic heterocycles. The molecule has 0 saturated carbocycles. The third kappa shape index (κ3) is 2.47. The van der Waals surface area contributed by atoms with Gasteiger partial charge in [-0.3, -0.25) is 0 Å². The van der Waals surface area contributed by atoms with E-state index in [0.717, 1.165) is 16.7 Å². The van der Waals surface area contributed by atoms with Crippen molar-refractivity contribution in [3.63, 3.8) is 0 Å². The Bertz CT molecular complexity index is 357. The van der Waals surface area contributed by atoms with E-state index in [1.807, 2.05) is 24.1 Å². The molecule has 74 valence electrons. The maximum Gasteiger partial charge on any atom is 0.0992 e. The van der Waals surface area contributed by atoms with Crippen LogP contribution in [-0.4, -0.2) is 20.1 Å². The molecule has 0 bridgehead atoms. The number of likely N-dealkylation sites (N-methyl/N-ethyl adjacent to an activating group) is 1. The van der Waals surface area contributed by atoms with Gasteiger partial charge in [-0.2, -0.15) is 5.26 Å². The number of hydrogen-bond donors (Lipinski definition) is 1. The molecule has 0 aliphatic carbocycles. The van der Waals surface area contributed by atoms with E-state index in [9.17, 15) is 0 Å². The predicted molar refractivity (Wildman–Crippen MR) is 61.2 cm³/mol. The van der Waals surface area contributed by atoms with Gasteiger partial charge in [-0.05, 0) is 34.1 Å². The molecular weight excluding hydrogens is 242 g/mol. The summed E-state index contributed by atoms with van der Waals surface area (Å²) in [6.45, 7) is 1.41. The zero-order chi connectivity index (χ0) is 10.6. The van der Waals surface area contributed by atoms with Crippen LogP contribution in [0.2, 0.25) is 0 Å². The molecule has 0 aliphatic rings. The summed E-state index contributed by atoms with van der Waals surface area (Å²) in [5.41, 5.74) is 7.17. The SMILES string of the molecule is CN(CCN)c1ccc(C#N)cc1Br. The Morgan fingerprint density at radius 2 is 2.29 bits per heavy atom. The molecule has 0 radical (unpaired) electrons. The van der Waals surface area contributed by atoms with Crippen molar-refractivity contribution in [3.05, 3.63) is 28.2 Å². The van der Waals surface area contributed by atoms with E-state index in [1.54, 1.807) is 6.07 Å². The van der Waals surface area contributed by atoms with Gasteiger partial charge in [0.05, 0.1) is 17.3 Å². The van der Waals surface area contributed by atoms with Crippen LogP contribution in [0.25, 0.3) is 0 Å².